The summed E-state index contributed by atoms with van der Waals surface area (Å²) >= 11 is 4.13. The van der Waals surface area contributed by atoms with E-state index in [2.05, 4.69) is 31.7 Å². The Hall–Kier alpha value is -0.630. The topological polar surface area (TPSA) is 9.23 Å². The molecule has 14 heavy (non-hydrogen) atoms. The van der Waals surface area contributed by atoms with Gasteiger partial charge in [0.15, 0.2) is 0 Å². The number of thiol groups is 1. The van der Waals surface area contributed by atoms with E-state index in [4.69, 9.17) is 4.74 Å². The molecule has 2 heteroatoms. The molecule has 0 N–H and O–H groups in total. The summed E-state index contributed by atoms with van der Waals surface area (Å²) in [5, 5.41) is 0. The zero-order valence-electron chi connectivity index (χ0n) is 8.70. The number of benzene rings is 1. The lowest BCUT2D eigenvalue weighted by Gasteiger charge is -2.05. The molecule has 0 aliphatic rings. The van der Waals surface area contributed by atoms with Gasteiger partial charge in [-0.05, 0) is 36.3 Å². The van der Waals surface area contributed by atoms with Gasteiger partial charge in [-0.15, -0.1) is 0 Å². The van der Waals surface area contributed by atoms with Crippen molar-refractivity contribution in [3.05, 3.63) is 29.8 Å². The van der Waals surface area contributed by atoms with E-state index in [9.17, 15) is 0 Å². The summed E-state index contributed by atoms with van der Waals surface area (Å²) in [5.74, 6) is 1.85. The molecule has 0 heterocycles. The van der Waals surface area contributed by atoms with E-state index < -0.39 is 0 Å². The molecule has 0 unspecified atom stereocenters. The smallest absolute Gasteiger partial charge is 0.119 e. The maximum atomic E-state index is 5.53. The van der Waals surface area contributed by atoms with Crippen molar-refractivity contribution < 1.29 is 4.74 Å². The van der Waals surface area contributed by atoms with Crippen LogP contribution in [-0.2, 0) is 6.42 Å². The second-order valence-corrected chi connectivity index (χ2v) is 3.77. The van der Waals surface area contributed by atoms with Gasteiger partial charge >= 0.3 is 0 Å². The molecule has 1 rings (SSSR count). The molecule has 0 atom stereocenters. The molecule has 78 valence electrons. The van der Waals surface area contributed by atoms with Gasteiger partial charge in [-0.1, -0.05) is 25.5 Å². The van der Waals surface area contributed by atoms with Gasteiger partial charge in [0.05, 0.1) is 6.61 Å². The predicted molar refractivity (Wildman–Crippen MR) is 64.4 cm³/mol. The number of ether oxygens (including phenoxy) is 1. The summed E-state index contributed by atoms with van der Waals surface area (Å²) in [6.45, 7) is 2.95. The molecule has 1 aromatic carbocycles. The first kappa shape index (κ1) is 11.4. The third-order valence-electron chi connectivity index (χ3n) is 2.03. The van der Waals surface area contributed by atoms with Crippen LogP contribution in [0.5, 0.6) is 5.75 Å². The average Bonchev–Trinajstić information content (AvgIpc) is 2.21. The lowest BCUT2D eigenvalue weighted by Crippen LogP contribution is -1.97. The van der Waals surface area contributed by atoms with Gasteiger partial charge in [-0.2, -0.15) is 12.6 Å². The van der Waals surface area contributed by atoms with Gasteiger partial charge in [-0.25, -0.2) is 0 Å². The zero-order valence-corrected chi connectivity index (χ0v) is 9.59. The minimum absolute atomic E-state index is 0.761. The fraction of sp³-hybridized carbons (Fsp3) is 0.500. The first-order chi connectivity index (χ1) is 6.86. The van der Waals surface area contributed by atoms with Crippen LogP contribution in [-0.4, -0.2) is 12.4 Å². The summed E-state index contributed by atoms with van der Waals surface area (Å²) in [6.07, 6.45) is 3.34. The second kappa shape index (κ2) is 6.77. The van der Waals surface area contributed by atoms with Crippen molar-refractivity contribution >= 4 is 12.6 Å². The van der Waals surface area contributed by atoms with Crippen LogP contribution in [0.3, 0.4) is 0 Å². The lowest BCUT2D eigenvalue weighted by molar-refractivity contribution is 0.319. The zero-order chi connectivity index (χ0) is 10.2. The molecule has 0 aliphatic heterocycles. The highest BCUT2D eigenvalue weighted by Gasteiger charge is 1.94. The third-order valence-corrected chi connectivity index (χ3v) is 2.35. The van der Waals surface area contributed by atoms with Crippen molar-refractivity contribution in [1.29, 1.82) is 0 Å². The number of hydrogen-bond donors (Lipinski definition) is 1. The van der Waals surface area contributed by atoms with E-state index in [1.54, 1.807) is 0 Å². The molecule has 0 fully saturated rings. The van der Waals surface area contributed by atoms with E-state index in [1.165, 1.54) is 12.0 Å². The van der Waals surface area contributed by atoms with Crippen molar-refractivity contribution in [1.82, 2.24) is 0 Å². The molecule has 0 aromatic heterocycles. The largest absolute Gasteiger partial charge is 0.494 e. The molecule has 0 spiro atoms. The Morgan fingerprint density at radius 1 is 1.21 bits per heavy atom. The maximum absolute atomic E-state index is 5.53. The molecule has 0 aliphatic carbocycles. The molecule has 1 nitrogen and oxygen atoms in total. The molecule has 0 saturated heterocycles. The van der Waals surface area contributed by atoms with Crippen LogP contribution in [0.4, 0.5) is 0 Å². The van der Waals surface area contributed by atoms with Crippen LogP contribution < -0.4 is 4.74 Å². The maximum Gasteiger partial charge on any atom is 0.119 e. The van der Waals surface area contributed by atoms with E-state index in [-0.39, 0.29) is 0 Å². The van der Waals surface area contributed by atoms with Crippen molar-refractivity contribution in [2.75, 3.05) is 12.4 Å². The number of aryl methyl sites for hydroxylation is 1. The summed E-state index contributed by atoms with van der Waals surface area (Å²) in [4.78, 5) is 0. The van der Waals surface area contributed by atoms with Gasteiger partial charge in [0.2, 0.25) is 0 Å². The third kappa shape index (κ3) is 4.05. The molecule has 1 aromatic rings. The van der Waals surface area contributed by atoms with E-state index in [0.29, 0.717) is 0 Å². The lowest BCUT2D eigenvalue weighted by atomic mass is 10.1. The fourth-order valence-corrected chi connectivity index (χ4v) is 1.42. The standard InChI is InChI=1S/C12H18OS/c1-2-4-11-5-7-12(8-6-11)13-9-3-10-14/h5-8,14H,2-4,9-10H2,1H3. The van der Waals surface area contributed by atoms with Crippen LogP contribution in [0, 0.1) is 0 Å². The van der Waals surface area contributed by atoms with Gasteiger partial charge in [0.25, 0.3) is 0 Å². The second-order valence-electron chi connectivity index (χ2n) is 3.32. The van der Waals surface area contributed by atoms with Crippen LogP contribution in [0.15, 0.2) is 24.3 Å². The van der Waals surface area contributed by atoms with Crippen molar-refractivity contribution in [3.8, 4) is 5.75 Å². The summed E-state index contributed by atoms with van der Waals surface area (Å²) < 4.78 is 5.53. The first-order valence-corrected chi connectivity index (χ1v) is 5.82. The molecular weight excluding hydrogens is 192 g/mol. The monoisotopic (exact) mass is 210 g/mol. The van der Waals surface area contributed by atoms with Crippen LogP contribution >= 0.6 is 12.6 Å². The highest BCUT2D eigenvalue weighted by Crippen LogP contribution is 2.13. The minimum atomic E-state index is 0.761. The summed E-state index contributed by atoms with van der Waals surface area (Å²) in [5.41, 5.74) is 1.38. The highest BCUT2D eigenvalue weighted by molar-refractivity contribution is 7.80. The Labute approximate surface area is 91.9 Å². The van der Waals surface area contributed by atoms with Gasteiger partial charge in [-0.3, -0.25) is 0 Å². The van der Waals surface area contributed by atoms with Crippen molar-refractivity contribution in [3.63, 3.8) is 0 Å². The summed E-state index contributed by atoms with van der Waals surface area (Å²) in [7, 11) is 0. The van der Waals surface area contributed by atoms with Crippen LogP contribution in [0.1, 0.15) is 25.3 Å². The normalized spacial score (nSPS) is 10.1. The first-order valence-electron chi connectivity index (χ1n) is 5.19. The molecule has 0 radical (unpaired) electrons. The van der Waals surface area contributed by atoms with E-state index in [0.717, 1.165) is 31.0 Å². The molecule has 0 amide bonds. The van der Waals surface area contributed by atoms with Gasteiger partial charge < -0.3 is 4.74 Å². The Balaban J connectivity index is 2.38. The molecule has 0 bridgehead atoms. The fourth-order valence-electron chi connectivity index (χ4n) is 1.30. The van der Waals surface area contributed by atoms with E-state index in [1.807, 2.05) is 12.1 Å². The van der Waals surface area contributed by atoms with Gasteiger partial charge in [0.1, 0.15) is 5.75 Å². The van der Waals surface area contributed by atoms with Gasteiger partial charge in [0, 0.05) is 0 Å². The predicted octanol–water partition coefficient (Wildman–Crippen LogP) is 3.34. The van der Waals surface area contributed by atoms with E-state index >= 15 is 0 Å². The Kier molecular flexibility index (Phi) is 5.53. The summed E-state index contributed by atoms with van der Waals surface area (Å²) in [6, 6.07) is 8.37. The Morgan fingerprint density at radius 2 is 1.93 bits per heavy atom. The van der Waals surface area contributed by atoms with Crippen molar-refractivity contribution in [2.24, 2.45) is 0 Å². The van der Waals surface area contributed by atoms with Crippen molar-refractivity contribution in [2.45, 2.75) is 26.2 Å². The Bertz CT molecular complexity index is 243. The average molecular weight is 210 g/mol. The van der Waals surface area contributed by atoms with Crippen LogP contribution in [0.2, 0.25) is 0 Å². The molecular formula is C12H18OS. The SMILES string of the molecule is CCCc1ccc(OCCCS)cc1. The quantitative estimate of drug-likeness (QED) is 0.559. The highest BCUT2D eigenvalue weighted by atomic mass is 32.1. The van der Waals surface area contributed by atoms with Crippen LogP contribution in [0.25, 0.3) is 0 Å². The Morgan fingerprint density at radius 3 is 2.50 bits per heavy atom. The minimum Gasteiger partial charge on any atom is -0.494 e. The number of rotatable bonds is 6. The molecule has 0 saturated carbocycles. The number of hydrogen-bond acceptors (Lipinski definition) is 2.